The molecule has 0 spiro atoms. The molecule has 6 nitrogen and oxygen atoms in total. The first-order valence-corrected chi connectivity index (χ1v) is 8.94. The molecule has 0 saturated carbocycles. The van der Waals surface area contributed by atoms with E-state index in [1.807, 2.05) is 0 Å². The first kappa shape index (κ1) is 21.5. The molecular weight excluding hydrogens is 319 g/mol. The van der Waals surface area contributed by atoms with Crippen molar-refractivity contribution in [2.24, 2.45) is 11.7 Å². The highest BCUT2D eigenvalue weighted by Crippen LogP contribution is 2.23. The van der Waals surface area contributed by atoms with Crippen molar-refractivity contribution in [3.63, 3.8) is 0 Å². The Hall–Kier alpha value is -1.50. The maximum Gasteiger partial charge on any atom is 0.451 e. The molecule has 1 aromatic rings. The molecule has 0 unspecified atom stereocenters. The molecule has 0 radical (unpaired) electrons. The van der Waals surface area contributed by atoms with Gasteiger partial charge in [-0.1, -0.05) is 43.2 Å². The van der Waals surface area contributed by atoms with E-state index in [4.69, 9.17) is 25.4 Å². The number of unbranched alkanes of at least 4 members (excludes halogenated alkanes) is 1. The van der Waals surface area contributed by atoms with Gasteiger partial charge in [0.05, 0.1) is 0 Å². The lowest BCUT2D eigenvalue weighted by molar-refractivity contribution is -0.191. The summed E-state index contributed by atoms with van der Waals surface area (Å²) in [7, 11) is -1.17. The SMILES string of the molecule is N[C@H](CCCCB(O)O)C1CCN(Cc2ccccc2)CC1.O=C=O. The fourth-order valence-electron chi connectivity index (χ4n) is 3.32. The zero-order chi connectivity index (χ0) is 18.5. The van der Waals surface area contributed by atoms with Crippen molar-refractivity contribution in [1.82, 2.24) is 4.90 Å². The van der Waals surface area contributed by atoms with E-state index in [0.29, 0.717) is 12.2 Å². The zero-order valence-corrected chi connectivity index (χ0v) is 14.7. The van der Waals surface area contributed by atoms with Gasteiger partial charge < -0.3 is 15.8 Å². The van der Waals surface area contributed by atoms with Gasteiger partial charge in [-0.2, -0.15) is 9.59 Å². The topological polar surface area (TPSA) is 104 Å². The minimum atomic E-state index is -1.17. The summed E-state index contributed by atoms with van der Waals surface area (Å²) in [5, 5.41) is 17.7. The fourth-order valence-corrected chi connectivity index (χ4v) is 3.32. The van der Waals surface area contributed by atoms with Crippen LogP contribution >= 0.6 is 0 Å². The second kappa shape index (κ2) is 12.8. The number of nitrogens with zero attached hydrogens (tertiary/aromatic N) is 1. The Labute approximate surface area is 150 Å². The third-order valence-electron chi connectivity index (χ3n) is 4.74. The van der Waals surface area contributed by atoms with Crippen LogP contribution in [0.15, 0.2) is 30.3 Å². The molecule has 0 aliphatic carbocycles. The number of piperidine rings is 1. The van der Waals surface area contributed by atoms with Crippen LogP contribution in [0.2, 0.25) is 6.32 Å². The number of hydrogen-bond donors (Lipinski definition) is 3. The second-order valence-corrected chi connectivity index (χ2v) is 6.61. The van der Waals surface area contributed by atoms with Gasteiger partial charge in [0.2, 0.25) is 0 Å². The molecule has 2 rings (SSSR count). The second-order valence-electron chi connectivity index (χ2n) is 6.61. The van der Waals surface area contributed by atoms with E-state index in [2.05, 4.69) is 35.2 Å². The van der Waals surface area contributed by atoms with E-state index in [-0.39, 0.29) is 12.2 Å². The lowest BCUT2D eigenvalue weighted by Gasteiger charge is -2.34. The Morgan fingerprint density at radius 1 is 1.16 bits per heavy atom. The highest BCUT2D eigenvalue weighted by Gasteiger charge is 2.24. The number of rotatable bonds is 8. The van der Waals surface area contributed by atoms with Gasteiger partial charge in [-0.3, -0.25) is 4.90 Å². The van der Waals surface area contributed by atoms with Crippen molar-refractivity contribution in [1.29, 1.82) is 0 Å². The molecule has 1 atom stereocenters. The van der Waals surface area contributed by atoms with Crippen LogP contribution in [0, 0.1) is 5.92 Å². The standard InChI is InChI=1S/C17H29BN2O2.CO2/c19-17(8-4-5-11-18(21)22)16-9-12-20(13-10-16)14-15-6-2-1-3-7-15;2-1-3/h1-3,6-7,16-17,21-22H,4-5,8-14,19H2;/t17-;/m1./s1. The smallest absolute Gasteiger partial charge is 0.427 e. The number of carbonyl (C=O) groups excluding carboxylic acids is 2. The van der Waals surface area contributed by atoms with Gasteiger partial charge in [0.15, 0.2) is 0 Å². The van der Waals surface area contributed by atoms with Gasteiger partial charge in [-0.05, 0) is 50.2 Å². The molecule has 0 aromatic heterocycles. The summed E-state index contributed by atoms with van der Waals surface area (Å²) in [6, 6.07) is 10.9. The average Bonchev–Trinajstić information content (AvgIpc) is 2.60. The highest BCUT2D eigenvalue weighted by molar-refractivity contribution is 6.40. The third-order valence-corrected chi connectivity index (χ3v) is 4.74. The molecule has 1 aliphatic heterocycles. The largest absolute Gasteiger partial charge is 0.451 e. The molecule has 1 aliphatic rings. The van der Waals surface area contributed by atoms with Crippen LogP contribution in [0.3, 0.4) is 0 Å². The summed E-state index contributed by atoms with van der Waals surface area (Å²) < 4.78 is 0. The summed E-state index contributed by atoms with van der Waals surface area (Å²) in [5.41, 5.74) is 7.70. The van der Waals surface area contributed by atoms with E-state index in [1.54, 1.807) is 0 Å². The van der Waals surface area contributed by atoms with E-state index in [1.165, 1.54) is 18.4 Å². The first-order chi connectivity index (χ1) is 12.1. The molecule has 1 fully saturated rings. The van der Waals surface area contributed by atoms with Crippen LogP contribution in [0.4, 0.5) is 0 Å². The molecule has 0 bridgehead atoms. The molecule has 7 heteroatoms. The molecule has 1 saturated heterocycles. The number of nitrogens with two attached hydrogens (primary N) is 1. The van der Waals surface area contributed by atoms with Gasteiger partial charge >= 0.3 is 13.3 Å². The van der Waals surface area contributed by atoms with Crippen LogP contribution in [0.1, 0.15) is 37.7 Å². The van der Waals surface area contributed by atoms with Gasteiger partial charge in [0.25, 0.3) is 0 Å². The Kier molecular flexibility index (Phi) is 11.0. The van der Waals surface area contributed by atoms with Gasteiger partial charge in [-0.15, -0.1) is 0 Å². The van der Waals surface area contributed by atoms with Gasteiger partial charge in [-0.25, -0.2) is 0 Å². The molecular formula is C18H29BN2O4. The Morgan fingerprint density at radius 2 is 1.76 bits per heavy atom. The molecule has 25 heavy (non-hydrogen) atoms. The molecule has 138 valence electrons. The van der Waals surface area contributed by atoms with Crippen molar-refractivity contribution in [3.05, 3.63) is 35.9 Å². The van der Waals surface area contributed by atoms with E-state index in [0.717, 1.165) is 38.9 Å². The van der Waals surface area contributed by atoms with Crippen LogP contribution in [-0.4, -0.2) is 47.3 Å². The summed E-state index contributed by atoms with van der Waals surface area (Å²) >= 11 is 0. The first-order valence-electron chi connectivity index (χ1n) is 8.94. The van der Waals surface area contributed by atoms with Crippen molar-refractivity contribution < 1.29 is 19.6 Å². The van der Waals surface area contributed by atoms with Gasteiger partial charge in [0, 0.05) is 12.6 Å². The van der Waals surface area contributed by atoms with E-state index in [9.17, 15) is 0 Å². The molecule has 0 amide bonds. The minimum Gasteiger partial charge on any atom is -0.427 e. The summed E-state index contributed by atoms with van der Waals surface area (Å²) in [5.74, 6) is 0.617. The monoisotopic (exact) mass is 348 g/mol. The number of hydrogen-bond acceptors (Lipinski definition) is 6. The Morgan fingerprint density at radius 3 is 2.32 bits per heavy atom. The molecule has 1 aromatic carbocycles. The van der Waals surface area contributed by atoms with Crippen molar-refractivity contribution in [2.75, 3.05) is 13.1 Å². The predicted octanol–water partition coefficient (Wildman–Crippen LogP) is 1.29. The predicted molar refractivity (Wildman–Crippen MR) is 96.3 cm³/mol. The average molecular weight is 348 g/mol. The maximum atomic E-state index is 8.84. The van der Waals surface area contributed by atoms with Crippen molar-refractivity contribution in [3.8, 4) is 0 Å². The van der Waals surface area contributed by atoms with E-state index >= 15 is 0 Å². The fraction of sp³-hybridized carbons (Fsp3) is 0.611. The van der Waals surface area contributed by atoms with Gasteiger partial charge in [0.1, 0.15) is 0 Å². The highest BCUT2D eigenvalue weighted by atomic mass is 16.4. The van der Waals surface area contributed by atoms with Crippen molar-refractivity contribution >= 4 is 13.3 Å². The quantitative estimate of drug-likeness (QED) is 0.483. The normalized spacial score (nSPS) is 16.4. The summed E-state index contributed by atoms with van der Waals surface area (Å²) in [6.07, 6.45) is 5.90. The Balaban J connectivity index is 0.000000970. The number of benzene rings is 1. The van der Waals surface area contributed by atoms with Crippen LogP contribution in [0.5, 0.6) is 0 Å². The zero-order valence-electron chi connectivity index (χ0n) is 14.7. The lowest BCUT2D eigenvalue weighted by Crippen LogP contribution is -2.40. The third kappa shape index (κ3) is 9.53. The Bertz CT molecular complexity index is 487. The minimum absolute atomic E-state index is 0.250. The van der Waals surface area contributed by atoms with Crippen LogP contribution in [-0.2, 0) is 16.1 Å². The van der Waals surface area contributed by atoms with Crippen LogP contribution < -0.4 is 5.73 Å². The molecule has 1 heterocycles. The number of likely N-dealkylation sites (tertiary alicyclic amines) is 1. The summed E-state index contributed by atoms with van der Waals surface area (Å²) in [4.78, 5) is 18.8. The van der Waals surface area contributed by atoms with E-state index < -0.39 is 7.12 Å². The summed E-state index contributed by atoms with van der Waals surface area (Å²) in [6.45, 7) is 3.29. The maximum absolute atomic E-state index is 8.84. The van der Waals surface area contributed by atoms with Crippen molar-refractivity contribution in [2.45, 2.75) is 51.0 Å². The lowest BCUT2D eigenvalue weighted by atomic mass is 9.82. The van der Waals surface area contributed by atoms with Crippen LogP contribution in [0.25, 0.3) is 0 Å². The molecule has 4 N–H and O–H groups in total.